The number of hydrogen-bond acceptors (Lipinski definition) is 6. The molecule has 0 spiro atoms. The lowest BCUT2D eigenvalue weighted by Gasteiger charge is -2.07. The van der Waals surface area contributed by atoms with Crippen molar-refractivity contribution >= 4 is 33.9 Å². The van der Waals surface area contributed by atoms with Gasteiger partial charge in [-0.3, -0.25) is 0 Å². The second kappa shape index (κ2) is 6.85. The summed E-state index contributed by atoms with van der Waals surface area (Å²) in [6.07, 6.45) is 2.08. The van der Waals surface area contributed by atoms with E-state index in [0.29, 0.717) is 12.4 Å². The molecule has 2 aromatic rings. The molecule has 20 heavy (non-hydrogen) atoms. The minimum atomic E-state index is 0.701. The third kappa shape index (κ3) is 3.58. The van der Waals surface area contributed by atoms with Crippen LogP contribution in [0.4, 0.5) is 10.8 Å². The molecule has 0 atom stereocenters. The number of methoxy groups -OCH3 is 1. The Labute approximate surface area is 128 Å². The normalized spacial score (nSPS) is 10.4. The molecule has 0 aliphatic rings. The van der Waals surface area contributed by atoms with Crippen molar-refractivity contribution in [3.8, 4) is 5.88 Å². The van der Waals surface area contributed by atoms with Gasteiger partial charge in [0, 0.05) is 24.7 Å². The zero-order chi connectivity index (χ0) is 14.5. The van der Waals surface area contributed by atoms with Crippen LogP contribution in [0.5, 0.6) is 5.88 Å². The quantitative estimate of drug-likeness (QED) is 0.826. The number of benzene rings is 1. The van der Waals surface area contributed by atoms with Crippen LogP contribution in [0, 0.1) is 0 Å². The molecule has 2 rings (SSSR count). The number of ether oxygens (including phenoxy) is 1. The summed E-state index contributed by atoms with van der Waals surface area (Å²) in [7, 11) is 5.63. The number of rotatable bonds is 6. The van der Waals surface area contributed by atoms with E-state index in [4.69, 9.17) is 4.74 Å². The lowest BCUT2D eigenvalue weighted by atomic mass is 10.3. The lowest BCUT2D eigenvalue weighted by Crippen LogP contribution is -2.07. The van der Waals surface area contributed by atoms with Crippen LogP contribution in [-0.4, -0.2) is 32.4 Å². The van der Waals surface area contributed by atoms with Crippen molar-refractivity contribution in [3.63, 3.8) is 0 Å². The van der Waals surface area contributed by atoms with E-state index in [0.717, 1.165) is 15.7 Å². The molecule has 1 aromatic heterocycles. The van der Waals surface area contributed by atoms with Crippen molar-refractivity contribution in [1.29, 1.82) is 0 Å². The van der Waals surface area contributed by atoms with Crippen LogP contribution < -0.4 is 15.0 Å². The number of thioether (sulfide) groups is 1. The average molecular weight is 309 g/mol. The Kier molecular flexibility index (Phi) is 5.14. The monoisotopic (exact) mass is 309 g/mol. The summed E-state index contributed by atoms with van der Waals surface area (Å²) in [6.45, 7) is 0.715. The molecule has 108 valence electrons. The molecule has 6 heteroatoms. The molecule has 4 nitrogen and oxygen atoms in total. The number of hydrogen-bond donors (Lipinski definition) is 1. The SMILES string of the molecule is COc1nc(N(C)C)sc1CNc1cccc(SC)c1. The van der Waals surface area contributed by atoms with Crippen molar-refractivity contribution < 1.29 is 4.74 Å². The average Bonchev–Trinajstić information content (AvgIpc) is 2.89. The van der Waals surface area contributed by atoms with E-state index >= 15 is 0 Å². The van der Waals surface area contributed by atoms with Gasteiger partial charge < -0.3 is 15.0 Å². The van der Waals surface area contributed by atoms with E-state index in [2.05, 4.69) is 40.8 Å². The van der Waals surface area contributed by atoms with E-state index < -0.39 is 0 Å². The summed E-state index contributed by atoms with van der Waals surface area (Å²) in [6, 6.07) is 8.38. The topological polar surface area (TPSA) is 37.4 Å². The van der Waals surface area contributed by atoms with Gasteiger partial charge in [0.25, 0.3) is 0 Å². The maximum Gasteiger partial charge on any atom is 0.231 e. The van der Waals surface area contributed by atoms with Gasteiger partial charge in [-0.2, -0.15) is 4.98 Å². The molecule has 0 aliphatic carbocycles. The fourth-order valence-electron chi connectivity index (χ4n) is 1.70. The summed E-state index contributed by atoms with van der Waals surface area (Å²) in [4.78, 5) is 8.80. The maximum absolute atomic E-state index is 5.34. The Morgan fingerprint density at radius 3 is 2.85 bits per heavy atom. The highest BCUT2D eigenvalue weighted by Crippen LogP contribution is 2.31. The van der Waals surface area contributed by atoms with Gasteiger partial charge in [0.1, 0.15) is 0 Å². The van der Waals surface area contributed by atoms with Gasteiger partial charge in [-0.15, -0.1) is 11.8 Å². The molecule has 1 N–H and O–H groups in total. The Hall–Kier alpha value is -1.40. The van der Waals surface area contributed by atoms with Crippen LogP contribution in [0.3, 0.4) is 0 Å². The van der Waals surface area contributed by atoms with Crippen LogP contribution in [0.1, 0.15) is 4.88 Å². The molecular weight excluding hydrogens is 290 g/mol. The highest BCUT2D eigenvalue weighted by Gasteiger charge is 2.12. The summed E-state index contributed by atoms with van der Waals surface area (Å²) >= 11 is 3.38. The highest BCUT2D eigenvalue weighted by molar-refractivity contribution is 7.98. The van der Waals surface area contributed by atoms with Gasteiger partial charge in [0.15, 0.2) is 5.13 Å². The first kappa shape index (κ1) is 15.0. The summed E-state index contributed by atoms with van der Waals surface area (Å²) in [5.74, 6) is 0.701. The van der Waals surface area contributed by atoms with Crippen LogP contribution in [-0.2, 0) is 6.54 Å². The van der Waals surface area contributed by atoms with Gasteiger partial charge >= 0.3 is 0 Å². The standard InChI is InChI=1S/C14H19N3OS2/c1-17(2)14-16-13(18-3)12(20-14)9-15-10-6-5-7-11(8-10)19-4/h5-8,15H,9H2,1-4H3. The van der Waals surface area contributed by atoms with E-state index in [-0.39, 0.29) is 0 Å². The predicted octanol–water partition coefficient (Wildman–Crippen LogP) is 3.55. The van der Waals surface area contributed by atoms with Gasteiger partial charge in [0.05, 0.1) is 18.5 Å². The van der Waals surface area contributed by atoms with Gasteiger partial charge in [-0.1, -0.05) is 17.4 Å². The molecule has 0 bridgehead atoms. The van der Waals surface area contributed by atoms with Crippen molar-refractivity contribution in [2.45, 2.75) is 11.4 Å². The minimum absolute atomic E-state index is 0.701. The summed E-state index contributed by atoms with van der Waals surface area (Å²) in [5, 5.41) is 4.38. The minimum Gasteiger partial charge on any atom is -0.480 e. The molecule has 0 saturated heterocycles. The largest absolute Gasteiger partial charge is 0.480 e. The third-order valence-corrected chi connectivity index (χ3v) is 4.68. The molecule has 0 unspecified atom stereocenters. The molecular formula is C14H19N3OS2. The second-order valence-electron chi connectivity index (χ2n) is 4.41. The number of aromatic nitrogens is 1. The molecule has 0 aliphatic heterocycles. The van der Waals surface area contributed by atoms with Crippen molar-refractivity contribution in [3.05, 3.63) is 29.1 Å². The zero-order valence-electron chi connectivity index (χ0n) is 12.1. The van der Waals surface area contributed by atoms with Crippen LogP contribution in [0.15, 0.2) is 29.2 Å². The molecule has 0 radical (unpaired) electrons. The first-order valence-corrected chi connectivity index (χ1v) is 8.27. The molecule has 0 saturated carbocycles. The number of anilines is 2. The van der Waals surface area contributed by atoms with E-state index in [1.165, 1.54) is 4.90 Å². The fraction of sp³-hybridized carbons (Fsp3) is 0.357. The fourth-order valence-corrected chi connectivity index (χ4v) is 3.06. The van der Waals surface area contributed by atoms with Crippen molar-refractivity contribution in [2.24, 2.45) is 0 Å². The number of nitrogens with one attached hydrogen (secondary N) is 1. The van der Waals surface area contributed by atoms with Gasteiger partial charge in [-0.25, -0.2) is 0 Å². The van der Waals surface area contributed by atoms with Gasteiger partial charge in [0.2, 0.25) is 5.88 Å². The molecule has 0 amide bonds. The van der Waals surface area contributed by atoms with Crippen LogP contribution in [0.2, 0.25) is 0 Å². The molecule has 1 heterocycles. The smallest absolute Gasteiger partial charge is 0.231 e. The molecule has 1 aromatic carbocycles. The van der Waals surface area contributed by atoms with E-state index in [1.807, 2.05) is 19.0 Å². The Bertz CT molecular complexity index is 569. The Balaban J connectivity index is 2.09. The zero-order valence-corrected chi connectivity index (χ0v) is 13.8. The first-order chi connectivity index (χ1) is 9.63. The summed E-state index contributed by atoms with van der Waals surface area (Å²) < 4.78 is 5.34. The van der Waals surface area contributed by atoms with E-state index in [9.17, 15) is 0 Å². The van der Waals surface area contributed by atoms with E-state index in [1.54, 1.807) is 30.2 Å². The lowest BCUT2D eigenvalue weighted by molar-refractivity contribution is 0.397. The Morgan fingerprint density at radius 2 is 2.20 bits per heavy atom. The number of nitrogens with zero attached hydrogens (tertiary/aromatic N) is 2. The Morgan fingerprint density at radius 1 is 1.40 bits per heavy atom. The maximum atomic E-state index is 5.34. The van der Waals surface area contributed by atoms with Crippen molar-refractivity contribution in [1.82, 2.24) is 4.98 Å². The van der Waals surface area contributed by atoms with Gasteiger partial charge in [-0.05, 0) is 24.5 Å². The van der Waals surface area contributed by atoms with Crippen molar-refractivity contribution in [2.75, 3.05) is 37.7 Å². The first-order valence-electron chi connectivity index (χ1n) is 6.23. The molecule has 0 fully saturated rings. The number of thiazole rings is 1. The third-order valence-electron chi connectivity index (χ3n) is 2.75. The second-order valence-corrected chi connectivity index (χ2v) is 6.35. The highest BCUT2D eigenvalue weighted by atomic mass is 32.2. The van der Waals surface area contributed by atoms with Crippen LogP contribution in [0.25, 0.3) is 0 Å². The predicted molar refractivity (Wildman–Crippen MR) is 88.5 cm³/mol. The van der Waals surface area contributed by atoms with Crippen LogP contribution >= 0.6 is 23.1 Å². The summed E-state index contributed by atoms with van der Waals surface area (Å²) in [5.41, 5.74) is 1.11.